The third-order valence-electron chi connectivity index (χ3n) is 4.06. The molecule has 1 aliphatic rings. The highest BCUT2D eigenvalue weighted by atomic mass is 16.5. The van der Waals surface area contributed by atoms with Crippen molar-refractivity contribution in [2.45, 2.75) is 52.2 Å². The topological polar surface area (TPSA) is 24.5 Å². The molecular weight excluding hydrogens is 200 g/mol. The second-order valence-electron chi connectivity index (χ2n) is 5.09. The Bertz CT molecular complexity index is 198. The number of ether oxygens (including phenoxy) is 1. The van der Waals surface area contributed by atoms with Crippen molar-refractivity contribution >= 4 is 0 Å². The second-order valence-corrected chi connectivity index (χ2v) is 5.09. The lowest BCUT2D eigenvalue weighted by Crippen LogP contribution is -2.56. The Balaban J connectivity index is 2.53. The van der Waals surface area contributed by atoms with Crippen LogP contribution in [0.4, 0.5) is 0 Å². The van der Waals surface area contributed by atoms with Crippen LogP contribution >= 0.6 is 0 Å². The fraction of sp³-hybridized carbons (Fsp3) is 1.00. The molecule has 0 aliphatic carbocycles. The SMILES string of the molecule is CCNC1CCN(C(C)COC)C(C)C1C. The van der Waals surface area contributed by atoms with E-state index >= 15 is 0 Å². The molecule has 4 atom stereocenters. The van der Waals surface area contributed by atoms with Gasteiger partial charge in [0.2, 0.25) is 0 Å². The van der Waals surface area contributed by atoms with Crippen molar-refractivity contribution in [1.82, 2.24) is 10.2 Å². The van der Waals surface area contributed by atoms with Crippen LogP contribution in [-0.2, 0) is 4.74 Å². The normalized spacial score (nSPS) is 33.9. The van der Waals surface area contributed by atoms with Crippen molar-refractivity contribution in [2.75, 3.05) is 26.8 Å². The monoisotopic (exact) mass is 228 g/mol. The second kappa shape index (κ2) is 6.58. The molecule has 0 bridgehead atoms. The third kappa shape index (κ3) is 3.19. The first-order valence-corrected chi connectivity index (χ1v) is 6.59. The van der Waals surface area contributed by atoms with Crippen molar-refractivity contribution < 1.29 is 4.74 Å². The summed E-state index contributed by atoms with van der Waals surface area (Å²) in [4.78, 5) is 2.59. The minimum absolute atomic E-state index is 0.532. The van der Waals surface area contributed by atoms with Gasteiger partial charge in [0.15, 0.2) is 0 Å². The molecule has 1 heterocycles. The van der Waals surface area contributed by atoms with Crippen LogP contribution in [0.25, 0.3) is 0 Å². The number of likely N-dealkylation sites (tertiary alicyclic amines) is 1. The zero-order chi connectivity index (χ0) is 12.1. The lowest BCUT2D eigenvalue weighted by Gasteiger charge is -2.45. The molecule has 1 N–H and O–H groups in total. The van der Waals surface area contributed by atoms with E-state index in [2.05, 4.69) is 37.9 Å². The summed E-state index contributed by atoms with van der Waals surface area (Å²) in [5, 5.41) is 3.60. The summed E-state index contributed by atoms with van der Waals surface area (Å²) in [7, 11) is 1.79. The Labute approximate surface area is 101 Å². The van der Waals surface area contributed by atoms with Gasteiger partial charge < -0.3 is 10.1 Å². The van der Waals surface area contributed by atoms with E-state index in [0.29, 0.717) is 24.0 Å². The molecule has 1 rings (SSSR count). The molecule has 0 saturated carbocycles. The zero-order valence-corrected chi connectivity index (χ0v) is 11.5. The molecule has 1 aliphatic heterocycles. The molecule has 16 heavy (non-hydrogen) atoms. The predicted octanol–water partition coefficient (Wildman–Crippen LogP) is 1.73. The number of hydrogen-bond donors (Lipinski definition) is 1. The molecule has 0 spiro atoms. The molecular formula is C13H28N2O. The maximum absolute atomic E-state index is 5.26. The molecule has 0 radical (unpaired) electrons. The van der Waals surface area contributed by atoms with E-state index in [0.717, 1.165) is 13.2 Å². The van der Waals surface area contributed by atoms with E-state index in [1.807, 2.05) is 0 Å². The molecule has 4 unspecified atom stereocenters. The van der Waals surface area contributed by atoms with Gasteiger partial charge in [0.25, 0.3) is 0 Å². The summed E-state index contributed by atoms with van der Waals surface area (Å²) in [6, 6.07) is 1.86. The van der Waals surface area contributed by atoms with Gasteiger partial charge in [-0.15, -0.1) is 0 Å². The molecule has 3 heteroatoms. The standard InChI is InChI=1S/C13H28N2O/c1-6-14-13-7-8-15(10(2)9-16-5)12(4)11(13)3/h10-14H,6-9H2,1-5H3. The van der Waals surface area contributed by atoms with E-state index in [4.69, 9.17) is 4.74 Å². The summed E-state index contributed by atoms with van der Waals surface area (Å²) in [6.45, 7) is 12.3. The quantitative estimate of drug-likeness (QED) is 0.775. The van der Waals surface area contributed by atoms with Gasteiger partial charge in [0.05, 0.1) is 6.61 Å². The van der Waals surface area contributed by atoms with Gasteiger partial charge in [-0.1, -0.05) is 13.8 Å². The van der Waals surface area contributed by atoms with Crippen molar-refractivity contribution in [2.24, 2.45) is 5.92 Å². The number of piperidine rings is 1. The minimum Gasteiger partial charge on any atom is -0.383 e. The van der Waals surface area contributed by atoms with Crippen LogP contribution in [0.3, 0.4) is 0 Å². The van der Waals surface area contributed by atoms with Crippen molar-refractivity contribution in [3.8, 4) is 0 Å². The zero-order valence-electron chi connectivity index (χ0n) is 11.5. The third-order valence-corrected chi connectivity index (χ3v) is 4.06. The molecule has 0 amide bonds. The highest BCUT2D eigenvalue weighted by molar-refractivity contribution is 4.90. The van der Waals surface area contributed by atoms with Gasteiger partial charge in [-0.2, -0.15) is 0 Å². The van der Waals surface area contributed by atoms with Gasteiger partial charge in [-0.25, -0.2) is 0 Å². The highest BCUT2D eigenvalue weighted by Gasteiger charge is 2.33. The van der Waals surface area contributed by atoms with Crippen LogP contribution in [0.2, 0.25) is 0 Å². The van der Waals surface area contributed by atoms with Gasteiger partial charge >= 0.3 is 0 Å². The van der Waals surface area contributed by atoms with Gasteiger partial charge in [-0.3, -0.25) is 4.90 Å². The van der Waals surface area contributed by atoms with E-state index in [-0.39, 0.29) is 0 Å². The largest absolute Gasteiger partial charge is 0.383 e. The van der Waals surface area contributed by atoms with E-state index in [1.54, 1.807) is 7.11 Å². The molecule has 1 fully saturated rings. The summed E-state index contributed by atoms with van der Waals surface area (Å²) in [6.07, 6.45) is 1.26. The van der Waals surface area contributed by atoms with E-state index < -0.39 is 0 Å². The van der Waals surface area contributed by atoms with Crippen LogP contribution in [0.5, 0.6) is 0 Å². The predicted molar refractivity (Wildman–Crippen MR) is 68.8 cm³/mol. The highest BCUT2D eigenvalue weighted by Crippen LogP contribution is 2.25. The number of nitrogens with one attached hydrogen (secondary N) is 1. The molecule has 0 aromatic rings. The molecule has 96 valence electrons. The van der Waals surface area contributed by atoms with E-state index in [1.165, 1.54) is 13.0 Å². The van der Waals surface area contributed by atoms with Gasteiger partial charge in [0.1, 0.15) is 0 Å². The minimum atomic E-state index is 0.532. The van der Waals surface area contributed by atoms with Crippen molar-refractivity contribution in [3.05, 3.63) is 0 Å². The first-order chi connectivity index (χ1) is 7.61. The average Bonchev–Trinajstić information content (AvgIpc) is 2.25. The Hall–Kier alpha value is -0.120. The number of methoxy groups -OCH3 is 1. The fourth-order valence-corrected chi connectivity index (χ4v) is 2.90. The van der Waals surface area contributed by atoms with Crippen molar-refractivity contribution in [3.63, 3.8) is 0 Å². The summed E-state index contributed by atoms with van der Waals surface area (Å²) >= 11 is 0. The molecule has 0 aromatic heterocycles. The summed E-state index contributed by atoms with van der Waals surface area (Å²) < 4.78 is 5.26. The van der Waals surface area contributed by atoms with Gasteiger partial charge in [-0.05, 0) is 32.7 Å². The summed E-state index contributed by atoms with van der Waals surface area (Å²) in [5.74, 6) is 0.716. The average molecular weight is 228 g/mol. The first kappa shape index (κ1) is 13.9. The van der Waals surface area contributed by atoms with Crippen LogP contribution in [-0.4, -0.2) is 49.8 Å². The number of nitrogens with zero attached hydrogens (tertiary/aromatic N) is 1. The Morgan fingerprint density at radius 3 is 2.69 bits per heavy atom. The number of rotatable bonds is 5. The smallest absolute Gasteiger partial charge is 0.0615 e. The molecule has 0 aromatic carbocycles. The van der Waals surface area contributed by atoms with Crippen LogP contribution in [0, 0.1) is 5.92 Å². The number of hydrogen-bond acceptors (Lipinski definition) is 3. The molecule has 1 saturated heterocycles. The molecule has 3 nitrogen and oxygen atoms in total. The van der Waals surface area contributed by atoms with E-state index in [9.17, 15) is 0 Å². The van der Waals surface area contributed by atoms with Crippen molar-refractivity contribution in [1.29, 1.82) is 0 Å². The first-order valence-electron chi connectivity index (χ1n) is 6.59. The lowest BCUT2D eigenvalue weighted by atomic mass is 9.86. The Morgan fingerprint density at radius 1 is 1.44 bits per heavy atom. The Kier molecular flexibility index (Phi) is 5.73. The maximum atomic E-state index is 5.26. The van der Waals surface area contributed by atoms with Gasteiger partial charge in [0, 0.05) is 31.8 Å². The van der Waals surface area contributed by atoms with Crippen LogP contribution < -0.4 is 5.32 Å². The van der Waals surface area contributed by atoms with Crippen LogP contribution in [0.1, 0.15) is 34.1 Å². The maximum Gasteiger partial charge on any atom is 0.0615 e. The Morgan fingerprint density at radius 2 is 2.12 bits per heavy atom. The summed E-state index contributed by atoms with van der Waals surface area (Å²) in [5.41, 5.74) is 0. The van der Waals surface area contributed by atoms with Crippen LogP contribution in [0.15, 0.2) is 0 Å². The lowest BCUT2D eigenvalue weighted by molar-refractivity contribution is 0.0194. The fourth-order valence-electron chi connectivity index (χ4n) is 2.90.